The summed E-state index contributed by atoms with van der Waals surface area (Å²) in [5, 5.41) is 5.42. The van der Waals surface area contributed by atoms with E-state index >= 15 is 0 Å². The molecule has 1 saturated carbocycles. The number of aromatic nitrogens is 3. The van der Waals surface area contributed by atoms with Gasteiger partial charge in [0.05, 0.1) is 29.6 Å². The summed E-state index contributed by atoms with van der Waals surface area (Å²) in [4.78, 5) is 5.00. The largest absolute Gasteiger partial charge is 0.495 e. The second kappa shape index (κ2) is 10.3. The van der Waals surface area contributed by atoms with Crippen molar-refractivity contribution >= 4 is 21.6 Å². The van der Waals surface area contributed by atoms with E-state index in [1.807, 2.05) is 29.8 Å². The third-order valence-electron chi connectivity index (χ3n) is 7.02. The molecular formula is C24H35ClN4O3S. The van der Waals surface area contributed by atoms with Gasteiger partial charge in [-0.25, -0.2) is 18.1 Å². The molecule has 1 unspecified atom stereocenters. The maximum absolute atomic E-state index is 13.1. The summed E-state index contributed by atoms with van der Waals surface area (Å²) in [5.41, 5.74) is 0.775. The summed E-state index contributed by atoms with van der Waals surface area (Å²) in [5.74, 6) is 3.33. The van der Waals surface area contributed by atoms with Crippen LogP contribution >= 0.6 is 11.6 Å². The van der Waals surface area contributed by atoms with Crippen LogP contribution in [0.25, 0.3) is 5.69 Å². The standard InChI is InChI=1S/C24H35ClN4O3S/c1-4-5-15-33(30,31)28-14-6-7-21(28)24-26-23(18-10-8-17(2)9-11-18)27-29(24)19-12-13-22(32-3)20(25)16-19/h12-13,16-18,21H,4-11,14-15H2,1-3H3. The number of hydrogen-bond acceptors (Lipinski definition) is 5. The SMILES string of the molecule is CCCCS(=O)(=O)N1CCCC1c1nc(C2CCC(C)CC2)nn1-c1ccc(OC)c(Cl)c1. The molecule has 4 rings (SSSR count). The second-order valence-electron chi connectivity index (χ2n) is 9.45. The third kappa shape index (κ3) is 5.23. The van der Waals surface area contributed by atoms with Crippen LogP contribution in [0, 0.1) is 5.92 Å². The fourth-order valence-electron chi connectivity index (χ4n) is 5.00. The number of hydrogen-bond donors (Lipinski definition) is 0. The average Bonchev–Trinajstić information content (AvgIpc) is 3.46. The van der Waals surface area contributed by atoms with Crippen LogP contribution < -0.4 is 4.74 Å². The molecule has 1 aromatic heterocycles. The van der Waals surface area contributed by atoms with Crippen molar-refractivity contribution in [2.75, 3.05) is 19.4 Å². The van der Waals surface area contributed by atoms with E-state index in [0.29, 0.717) is 35.5 Å². The number of nitrogens with zero attached hydrogens (tertiary/aromatic N) is 4. The minimum atomic E-state index is -3.35. The lowest BCUT2D eigenvalue weighted by atomic mass is 9.83. The quantitative estimate of drug-likeness (QED) is 0.485. The summed E-state index contributed by atoms with van der Waals surface area (Å²) in [6.07, 6.45) is 7.56. The molecule has 2 aromatic rings. The first kappa shape index (κ1) is 24.5. The van der Waals surface area contributed by atoms with Gasteiger partial charge >= 0.3 is 0 Å². The molecule has 7 nitrogen and oxygen atoms in total. The fourth-order valence-corrected chi connectivity index (χ4v) is 7.13. The molecule has 1 atom stereocenters. The summed E-state index contributed by atoms with van der Waals surface area (Å²) in [6, 6.07) is 5.23. The molecule has 0 radical (unpaired) electrons. The lowest BCUT2D eigenvalue weighted by molar-refractivity contribution is 0.339. The molecule has 1 aliphatic carbocycles. The van der Waals surface area contributed by atoms with E-state index in [9.17, 15) is 8.42 Å². The summed E-state index contributed by atoms with van der Waals surface area (Å²) < 4.78 is 35.1. The number of halogens is 1. The van der Waals surface area contributed by atoms with Crippen molar-refractivity contribution in [3.05, 3.63) is 34.9 Å². The first-order valence-corrected chi connectivity index (χ1v) is 14.1. The number of methoxy groups -OCH3 is 1. The zero-order valence-corrected chi connectivity index (χ0v) is 21.4. The zero-order chi connectivity index (χ0) is 23.6. The molecule has 1 aliphatic heterocycles. The van der Waals surface area contributed by atoms with Gasteiger partial charge in [-0.1, -0.05) is 44.7 Å². The van der Waals surface area contributed by atoms with Crippen LogP contribution in [-0.4, -0.2) is 46.9 Å². The van der Waals surface area contributed by atoms with Crippen molar-refractivity contribution in [1.82, 2.24) is 19.1 Å². The monoisotopic (exact) mass is 494 g/mol. The first-order valence-electron chi connectivity index (χ1n) is 12.1. The highest BCUT2D eigenvalue weighted by Crippen LogP contribution is 2.39. The summed E-state index contributed by atoms with van der Waals surface area (Å²) in [7, 11) is -1.77. The lowest BCUT2D eigenvalue weighted by Gasteiger charge is -2.24. The molecule has 1 aromatic carbocycles. The molecule has 2 aliphatic rings. The Morgan fingerprint density at radius 2 is 1.94 bits per heavy atom. The van der Waals surface area contributed by atoms with Crippen LogP contribution in [0.1, 0.15) is 88.8 Å². The first-order chi connectivity index (χ1) is 15.8. The number of sulfonamides is 1. The van der Waals surface area contributed by atoms with E-state index in [4.69, 9.17) is 26.4 Å². The highest BCUT2D eigenvalue weighted by molar-refractivity contribution is 7.89. The third-order valence-corrected chi connectivity index (χ3v) is 9.28. The molecule has 0 spiro atoms. The second-order valence-corrected chi connectivity index (χ2v) is 11.9. The smallest absolute Gasteiger partial charge is 0.214 e. The van der Waals surface area contributed by atoms with E-state index in [2.05, 4.69) is 6.92 Å². The zero-order valence-electron chi connectivity index (χ0n) is 19.8. The summed E-state index contributed by atoms with van der Waals surface area (Å²) in [6.45, 7) is 4.84. The Morgan fingerprint density at radius 1 is 1.18 bits per heavy atom. The van der Waals surface area contributed by atoms with Crippen LogP contribution in [0.5, 0.6) is 5.75 Å². The Labute approximate surface area is 202 Å². The van der Waals surface area contributed by atoms with Gasteiger partial charge in [-0.2, -0.15) is 9.40 Å². The Hall–Kier alpha value is -1.64. The van der Waals surface area contributed by atoms with Crippen LogP contribution in [0.15, 0.2) is 18.2 Å². The van der Waals surface area contributed by atoms with Gasteiger partial charge in [-0.15, -0.1) is 0 Å². The topological polar surface area (TPSA) is 77.3 Å². The predicted molar refractivity (Wildman–Crippen MR) is 131 cm³/mol. The lowest BCUT2D eigenvalue weighted by Crippen LogP contribution is -2.33. The molecule has 2 heterocycles. The van der Waals surface area contributed by atoms with Gasteiger partial charge in [0.25, 0.3) is 0 Å². The number of unbranched alkanes of at least 4 members (excludes halogenated alkanes) is 1. The summed E-state index contributed by atoms with van der Waals surface area (Å²) >= 11 is 6.43. The molecular weight excluding hydrogens is 460 g/mol. The van der Waals surface area contributed by atoms with Gasteiger partial charge in [-0.3, -0.25) is 0 Å². The fraction of sp³-hybridized carbons (Fsp3) is 0.667. The Morgan fingerprint density at radius 3 is 2.61 bits per heavy atom. The number of benzene rings is 1. The van der Waals surface area contributed by atoms with Crippen molar-refractivity contribution in [3.8, 4) is 11.4 Å². The maximum atomic E-state index is 13.1. The number of rotatable bonds is 8. The predicted octanol–water partition coefficient (Wildman–Crippen LogP) is 5.49. The Balaban J connectivity index is 1.74. The van der Waals surface area contributed by atoms with E-state index in [0.717, 1.165) is 49.5 Å². The molecule has 182 valence electrons. The van der Waals surface area contributed by atoms with Gasteiger partial charge in [0.15, 0.2) is 11.6 Å². The van der Waals surface area contributed by atoms with Gasteiger partial charge in [0.1, 0.15) is 5.75 Å². The molecule has 0 amide bonds. The Bertz CT molecular complexity index is 1060. The van der Waals surface area contributed by atoms with Crippen molar-refractivity contribution in [2.24, 2.45) is 5.92 Å². The van der Waals surface area contributed by atoms with E-state index < -0.39 is 10.0 Å². The van der Waals surface area contributed by atoms with Gasteiger partial charge in [0.2, 0.25) is 10.0 Å². The molecule has 2 fully saturated rings. The maximum Gasteiger partial charge on any atom is 0.214 e. The molecule has 33 heavy (non-hydrogen) atoms. The van der Waals surface area contributed by atoms with Crippen molar-refractivity contribution < 1.29 is 13.2 Å². The highest BCUT2D eigenvalue weighted by Gasteiger charge is 2.39. The highest BCUT2D eigenvalue weighted by atomic mass is 35.5. The normalized spacial score (nSPS) is 24.3. The minimum Gasteiger partial charge on any atom is -0.495 e. The van der Waals surface area contributed by atoms with Gasteiger partial charge < -0.3 is 4.74 Å². The van der Waals surface area contributed by atoms with Gasteiger partial charge in [0, 0.05) is 12.5 Å². The van der Waals surface area contributed by atoms with E-state index in [1.165, 1.54) is 12.8 Å². The van der Waals surface area contributed by atoms with Crippen LogP contribution in [0.3, 0.4) is 0 Å². The van der Waals surface area contributed by atoms with E-state index in [1.54, 1.807) is 11.4 Å². The van der Waals surface area contributed by atoms with Crippen molar-refractivity contribution in [2.45, 2.75) is 77.2 Å². The van der Waals surface area contributed by atoms with Crippen LogP contribution in [0.2, 0.25) is 5.02 Å². The Kier molecular flexibility index (Phi) is 7.66. The average molecular weight is 495 g/mol. The van der Waals surface area contributed by atoms with Crippen LogP contribution in [-0.2, 0) is 10.0 Å². The van der Waals surface area contributed by atoms with Crippen LogP contribution in [0.4, 0.5) is 0 Å². The number of ether oxygens (including phenoxy) is 1. The molecule has 0 bridgehead atoms. The van der Waals surface area contributed by atoms with Crippen molar-refractivity contribution in [1.29, 1.82) is 0 Å². The van der Waals surface area contributed by atoms with Crippen molar-refractivity contribution in [3.63, 3.8) is 0 Å². The van der Waals surface area contributed by atoms with E-state index in [-0.39, 0.29) is 11.8 Å². The molecule has 9 heteroatoms. The minimum absolute atomic E-state index is 0.176. The van der Waals surface area contributed by atoms with Gasteiger partial charge in [-0.05, 0) is 56.2 Å². The molecule has 0 N–H and O–H groups in total. The molecule has 1 saturated heterocycles.